The van der Waals surface area contributed by atoms with Crippen LogP contribution in [0.2, 0.25) is 0 Å². The molecule has 1 atom stereocenters. The molecule has 0 radical (unpaired) electrons. The molecule has 2 amide bonds. The maximum absolute atomic E-state index is 14.1. The average molecular weight is 562 g/mol. The van der Waals surface area contributed by atoms with Gasteiger partial charge in [-0.2, -0.15) is 0 Å². The van der Waals surface area contributed by atoms with Gasteiger partial charge >= 0.3 is 0 Å². The van der Waals surface area contributed by atoms with Crippen LogP contribution in [0.15, 0.2) is 83.8 Å². The molecule has 4 rings (SSSR count). The maximum Gasteiger partial charge on any atom is 0.264 e. The standard InChI is InChI=1S/C32H39N3O4S/c1-24-18-20-27(21-19-24)22-34(26(3)32(37)33-28-13-6-4-7-14-28)31(36)23-35(30-17-11-10-12-25(30)2)40(38,39)29-15-8-5-9-16-29/h5,8-12,15-21,26,28H,4,6-7,13-14,22-23H2,1-3H3,(H,33,37). The molecule has 0 heterocycles. The van der Waals surface area contributed by atoms with Crippen LogP contribution in [0.5, 0.6) is 0 Å². The van der Waals surface area contributed by atoms with Gasteiger partial charge in [0.1, 0.15) is 12.6 Å². The minimum atomic E-state index is -4.07. The Labute approximate surface area is 238 Å². The number of para-hydroxylation sites is 1. The van der Waals surface area contributed by atoms with E-state index in [1.54, 1.807) is 37.3 Å². The molecule has 3 aromatic carbocycles. The average Bonchev–Trinajstić information content (AvgIpc) is 2.96. The number of anilines is 1. The van der Waals surface area contributed by atoms with Crippen molar-refractivity contribution < 1.29 is 18.0 Å². The summed E-state index contributed by atoms with van der Waals surface area (Å²) < 4.78 is 28.9. The number of carbonyl (C=O) groups excluding carboxylic acids is 2. The number of carbonyl (C=O) groups is 2. The fraction of sp³-hybridized carbons (Fsp3) is 0.375. The van der Waals surface area contributed by atoms with Gasteiger partial charge in [-0.1, -0.05) is 85.5 Å². The van der Waals surface area contributed by atoms with Gasteiger partial charge in [-0.25, -0.2) is 8.42 Å². The lowest BCUT2D eigenvalue weighted by Gasteiger charge is -2.33. The van der Waals surface area contributed by atoms with E-state index in [2.05, 4.69) is 5.32 Å². The van der Waals surface area contributed by atoms with Gasteiger partial charge in [0.25, 0.3) is 10.0 Å². The molecule has 0 saturated heterocycles. The van der Waals surface area contributed by atoms with Gasteiger partial charge in [0.2, 0.25) is 11.8 Å². The van der Waals surface area contributed by atoms with Crippen molar-refractivity contribution in [3.05, 3.63) is 95.6 Å². The Kier molecular flexibility index (Phi) is 9.63. The lowest BCUT2D eigenvalue weighted by molar-refractivity contribution is -0.139. The van der Waals surface area contributed by atoms with Crippen molar-refractivity contribution in [2.45, 2.75) is 76.4 Å². The second-order valence-electron chi connectivity index (χ2n) is 10.6. The molecule has 1 N–H and O–H groups in total. The Morgan fingerprint density at radius 2 is 1.50 bits per heavy atom. The topological polar surface area (TPSA) is 86.8 Å². The number of amides is 2. The summed E-state index contributed by atoms with van der Waals surface area (Å²) in [5.74, 6) is -0.671. The number of rotatable bonds is 10. The molecule has 1 fully saturated rings. The van der Waals surface area contributed by atoms with Crippen molar-refractivity contribution in [2.75, 3.05) is 10.8 Å². The first-order chi connectivity index (χ1) is 19.2. The van der Waals surface area contributed by atoms with Crippen LogP contribution in [0, 0.1) is 13.8 Å². The van der Waals surface area contributed by atoms with E-state index < -0.39 is 28.5 Å². The number of nitrogens with zero attached hydrogens (tertiary/aromatic N) is 2. The Morgan fingerprint density at radius 1 is 0.875 bits per heavy atom. The van der Waals surface area contributed by atoms with E-state index in [9.17, 15) is 18.0 Å². The molecule has 0 spiro atoms. The lowest BCUT2D eigenvalue weighted by atomic mass is 9.95. The first-order valence-corrected chi connectivity index (χ1v) is 15.4. The van der Waals surface area contributed by atoms with Crippen LogP contribution in [0.4, 0.5) is 5.69 Å². The van der Waals surface area contributed by atoms with E-state index in [-0.39, 0.29) is 23.4 Å². The predicted octanol–water partition coefficient (Wildman–Crippen LogP) is 5.36. The highest BCUT2D eigenvalue weighted by atomic mass is 32.2. The van der Waals surface area contributed by atoms with E-state index >= 15 is 0 Å². The summed E-state index contributed by atoms with van der Waals surface area (Å²) in [6, 6.07) is 22.3. The van der Waals surface area contributed by atoms with E-state index in [0.717, 1.165) is 46.7 Å². The molecular formula is C32H39N3O4S. The van der Waals surface area contributed by atoms with Crippen LogP contribution in [-0.2, 0) is 26.2 Å². The molecule has 7 nitrogen and oxygen atoms in total. The third kappa shape index (κ3) is 7.10. The molecule has 212 valence electrons. The smallest absolute Gasteiger partial charge is 0.264 e. The highest BCUT2D eigenvalue weighted by molar-refractivity contribution is 7.92. The van der Waals surface area contributed by atoms with Gasteiger partial charge in [-0.3, -0.25) is 13.9 Å². The fourth-order valence-corrected chi connectivity index (χ4v) is 6.62. The van der Waals surface area contributed by atoms with E-state index in [1.165, 1.54) is 23.5 Å². The van der Waals surface area contributed by atoms with Crippen LogP contribution < -0.4 is 9.62 Å². The Balaban J connectivity index is 1.67. The van der Waals surface area contributed by atoms with Crippen LogP contribution in [0.25, 0.3) is 0 Å². The highest BCUT2D eigenvalue weighted by Crippen LogP contribution is 2.27. The number of aryl methyl sites for hydroxylation is 2. The summed E-state index contributed by atoms with van der Waals surface area (Å²) in [5.41, 5.74) is 3.10. The van der Waals surface area contributed by atoms with Crippen LogP contribution in [0.1, 0.15) is 55.7 Å². The van der Waals surface area contributed by atoms with E-state index in [1.807, 2.05) is 50.2 Å². The van der Waals surface area contributed by atoms with Crippen molar-refractivity contribution in [3.8, 4) is 0 Å². The number of hydrogen-bond donors (Lipinski definition) is 1. The zero-order valence-corrected chi connectivity index (χ0v) is 24.4. The summed E-state index contributed by atoms with van der Waals surface area (Å²) in [5, 5.41) is 3.13. The van der Waals surface area contributed by atoms with Gasteiger partial charge in [-0.05, 0) is 62.9 Å². The molecule has 1 aliphatic carbocycles. The normalized spacial score (nSPS) is 14.8. The molecular weight excluding hydrogens is 522 g/mol. The summed E-state index contributed by atoms with van der Waals surface area (Å²) in [7, 11) is -4.07. The molecule has 0 bridgehead atoms. The minimum absolute atomic E-state index is 0.0965. The number of nitrogens with one attached hydrogen (secondary N) is 1. The maximum atomic E-state index is 14.1. The predicted molar refractivity (Wildman–Crippen MR) is 158 cm³/mol. The van der Waals surface area contributed by atoms with E-state index in [4.69, 9.17) is 0 Å². The largest absolute Gasteiger partial charge is 0.352 e. The summed E-state index contributed by atoms with van der Waals surface area (Å²) in [6.45, 7) is 5.27. The van der Waals surface area contributed by atoms with Crippen molar-refractivity contribution >= 4 is 27.5 Å². The molecule has 0 aliphatic heterocycles. The van der Waals surface area contributed by atoms with Gasteiger partial charge < -0.3 is 10.2 Å². The molecule has 3 aromatic rings. The molecule has 0 aromatic heterocycles. The lowest BCUT2D eigenvalue weighted by Crippen LogP contribution is -2.53. The Bertz CT molecular complexity index is 1400. The van der Waals surface area contributed by atoms with Crippen LogP contribution in [0.3, 0.4) is 0 Å². The van der Waals surface area contributed by atoms with Crippen LogP contribution in [-0.4, -0.2) is 43.8 Å². The molecule has 8 heteroatoms. The van der Waals surface area contributed by atoms with Gasteiger partial charge in [0.05, 0.1) is 10.6 Å². The summed E-state index contributed by atoms with van der Waals surface area (Å²) >= 11 is 0. The summed E-state index contributed by atoms with van der Waals surface area (Å²) in [4.78, 5) is 29.0. The number of hydrogen-bond acceptors (Lipinski definition) is 4. The zero-order valence-electron chi connectivity index (χ0n) is 23.5. The monoisotopic (exact) mass is 561 g/mol. The first kappa shape index (κ1) is 29.3. The highest BCUT2D eigenvalue weighted by Gasteiger charge is 2.33. The first-order valence-electron chi connectivity index (χ1n) is 14.0. The van der Waals surface area contributed by atoms with E-state index in [0.29, 0.717) is 5.69 Å². The SMILES string of the molecule is Cc1ccc(CN(C(=O)CN(c2ccccc2C)S(=O)(=O)c2ccccc2)C(C)C(=O)NC2CCCCC2)cc1. The third-order valence-electron chi connectivity index (χ3n) is 7.59. The third-order valence-corrected chi connectivity index (χ3v) is 9.36. The van der Waals surface area contributed by atoms with Gasteiger partial charge in [0.15, 0.2) is 0 Å². The Hall–Kier alpha value is -3.65. The second kappa shape index (κ2) is 13.1. The van der Waals surface area contributed by atoms with Crippen molar-refractivity contribution in [2.24, 2.45) is 0 Å². The van der Waals surface area contributed by atoms with Crippen molar-refractivity contribution in [3.63, 3.8) is 0 Å². The number of benzene rings is 3. The van der Waals surface area contributed by atoms with Crippen molar-refractivity contribution in [1.82, 2.24) is 10.2 Å². The zero-order chi connectivity index (χ0) is 28.7. The Morgan fingerprint density at radius 3 is 2.15 bits per heavy atom. The molecule has 1 saturated carbocycles. The summed E-state index contributed by atoms with van der Waals surface area (Å²) in [6.07, 6.45) is 5.19. The molecule has 1 unspecified atom stereocenters. The van der Waals surface area contributed by atoms with Crippen LogP contribution >= 0.6 is 0 Å². The van der Waals surface area contributed by atoms with Gasteiger partial charge in [-0.15, -0.1) is 0 Å². The quantitative estimate of drug-likeness (QED) is 0.361. The van der Waals surface area contributed by atoms with Crippen molar-refractivity contribution in [1.29, 1.82) is 0 Å². The van der Waals surface area contributed by atoms with Gasteiger partial charge in [0, 0.05) is 12.6 Å². The minimum Gasteiger partial charge on any atom is -0.352 e. The molecule has 40 heavy (non-hydrogen) atoms. The second-order valence-corrected chi connectivity index (χ2v) is 12.5. The number of sulfonamides is 1. The fourth-order valence-electron chi connectivity index (χ4n) is 5.12. The molecule has 1 aliphatic rings.